The van der Waals surface area contributed by atoms with Gasteiger partial charge >= 0.3 is 0 Å². The Morgan fingerprint density at radius 3 is 1.18 bits per heavy atom. The molecule has 3 nitrogen and oxygen atoms in total. The second-order valence-corrected chi connectivity index (χ2v) is 9.98. The average Bonchev–Trinajstić information content (AvgIpc) is 2.82. The zero-order valence-corrected chi connectivity index (χ0v) is 21.8. The van der Waals surface area contributed by atoms with Crippen LogP contribution >= 0.6 is 47.8 Å². The number of aromatic nitrogens is 3. The van der Waals surface area contributed by atoms with Crippen molar-refractivity contribution in [2.75, 3.05) is 0 Å². The molecule has 0 saturated heterocycles. The van der Waals surface area contributed by atoms with Gasteiger partial charge in [-0.05, 0) is 88.5 Å². The van der Waals surface area contributed by atoms with Gasteiger partial charge in [-0.2, -0.15) is 4.98 Å². The number of nitrogens with zero attached hydrogens (tertiary/aromatic N) is 3. The molecule has 5 aromatic rings. The molecule has 0 saturated carbocycles. The summed E-state index contributed by atoms with van der Waals surface area (Å²) in [6.07, 6.45) is 0. The summed E-state index contributed by atoms with van der Waals surface area (Å²) in [7, 11) is 0. The van der Waals surface area contributed by atoms with E-state index >= 15 is 0 Å². The molecule has 1 heterocycles. The first-order chi connectivity index (χ1) is 16.1. The molecule has 1 aromatic heterocycles. The van der Waals surface area contributed by atoms with Crippen LogP contribution in [0.15, 0.2) is 98.9 Å². The van der Waals surface area contributed by atoms with Crippen molar-refractivity contribution in [2.45, 2.75) is 0 Å². The van der Waals surface area contributed by atoms with Crippen molar-refractivity contribution in [1.29, 1.82) is 0 Å². The lowest BCUT2D eigenvalue weighted by atomic mass is 9.80. The molecule has 33 heavy (non-hydrogen) atoms. The summed E-state index contributed by atoms with van der Waals surface area (Å²) in [6, 6.07) is 30.2. The molecule has 0 unspecified atom stereocenters. The fraction of sp³-hybridized carbons (Fsp3) is 0. The van der Waals surface area contributed by atoms with E-state index in [4.69, 9.17) is 0 Å². The Labute approximate surface area is 216 Å². The smallest absolute Gasteiger partial charge is 0.201 e. The number of halogens is 3. The number of hydrogen-bond donors (Lipinski definition) is 0. The molecule has 0 radical (unpaired) electrons. The molecule has 158 valence electrons. The highest BCUT2D eigenvalue weighted by Gasteiger charge is 2.23. The lowest BCUT2D eigenvalue weighted by Crippen LogP contribution is -1.99. The summed E-state index contributed by atoms with van der Waals surface area (Å²) in [4.78, 5) is 13.2. The van der Waals surface area contributed by atoms with Crippen molar-refractivity contribution >= 4 is 47.8 Å². The zero-order valence-electron chi connectivity index (χ0n) is 17.1. The first-order valence-corrected chi connectivity index (χ1v) is 12.7. The second-order valence-electron chi connectivity index (χ2n) is 7.71. The molecule has 0 amide bonds. The van der Waals surface area contributed by atoms with Crippen LogP contribution in [-0.2, 0) is 0 Å². The van der Waals surface area contributed by atoms with E-state index in [-0.39, 0.29) is 0 Å². The van der Waals surface area contributed by atoms with Crippen molar-refractivity contribution in [3.05, 3.63) is 98.9 Å². The van der Waals surface area contributed by atoms with Gasteiger partial charge in [0.2, 0.25) is 9.47 Å². The van der Waals surface area contributed by atoms with Crippen molar-refractivity contribution in [3.63, 3.8) is 0 Å². The highest BCUT2D eigenvalue weighted by atomic mass is 79.9. The Bertz CT molecular complexity index is 1540. The first kappa shape index (κ1) is 20.9. The van der Waals surface area contributed by atoms with Gasteiger partial charge in [-0.1, -0.05) is 88.7 Å². The number of hydrogen-bond acceptors (Lipinski definition) is 3. The van der Waals surface area contributed by atoms with Gasteiger partial charge in [0.1, 0.15) is 0 Å². The maximum absolute atomic E-state index is 4.53. The van der Waals surface area contributed by atoms with Gasteiger partial charge in [-0.25, -0.2) is 9.97 Å². The number of rotatable bonds is 1. The molecule has 0 aliphatic heterocycles. The van der Waals surface area contributed by atoms with Crippen LogP contribution in [0.3, 0.4) is 0 Å². The third-order valence-electron chi connectivity index (χ3n) is 5.87. The first-order valence-electron chi connectivity index (χ1n) is 10.3. The Kier molecular flexibility index (Phi) is 5.24. The van der Waals surface area contributed by atoms with Gasteiger partial charge in [0.15, 0.2) is 5.82 Å². The van der Waals surface area contributed by atoms with Crippen LogP contribution in [0.2, 0.25) is 0 Å². The summed E-state index contributed by atoms with van der Waals surface area (Å²) < 4.78 is 1.89. The van der Waals surface area contributed by atoms with Crippen molar-refractivity contribution in [2.24, 2.45) is 0 Å². The Morgan fingerprint density at radius 2 is 0.758 bits per heavy atom. The Balaban J connectivity index is 1.74. The van der Waals surface area contributed by atoms with E-state index < -0.39 is 0 Å². The molecule has 0 N–H and O–H groups in total. The monoisotopic (exact) mass is 617 g/mol. The van der Waals surface area contributed by atoms with Crippen molar-refractivity contribution < 1.29 is 0 Å². The van der Waals surface area contributed by atoms with E-state index in [9.17, 15) is 0 Å². The van der Waals surface area contributed by atoms with Crippen molar-refractivity contribution in [1.82, 2.24) is 15.0 Å². The fourth-order valence-electron chi connectivity index (χ4n) is 4.50. The van der Waals surface area contributed by atoms with Crippen LogP contribution in [0.4, 0.5) is 0 Å². The van der Waals surface area contributed by atoms with Gasteiger partial charge in [-0.3, -0.25) is 0 Å². The van der Waals surface area contributed by atoms with Crippen molar-refractivity contribution in [3.8, 4) is 55.9 Å². The lowest BCUT2D eigenvalue weighted by molar-refractivity contribution is 0.983. The summed E-state index contributed by atoms with van der Waals surface area (Å²) >= 11 is 10.6. The third-order valence-corrected chi connectivity index (χ3v) is 7.24. The van der Waals surface area contributed by atoms with E-state index in [0.717, 1.165) is 21.2 Å². The normalized spacial score (nSPS) is 11.5. The fourth-order valence-corrected chi connectivity index (χ4v) is 5.93. The number of benzene rings is 4. The highest BCUT2D eigenvalue weighted by Crippen LogP contribution is 2.49. The molecule has 0 atom stereocenters. The van der Waals surface area contributed by atoms with E-state index in [2.05, 4.69) is 148 Å². The third kappa shape index (κ3) is 3.57. The SMILES string of the molecule is Brc1nc(Br)nc(-c2cc3c(cc2Br)-c2ccccc2-c2ccccc2-c2ccccc2-3)n1. The summed E-state index contributed by atoms with van der Waals surface area (Å²) in [6.45, 7) is 0. The van der Waals surface area contributed by atoms with E-state index in [1.807, 2.05) is 0 Å². The molecule has 4 aromatic carbocycles. The quantitative estimate of drug-likeness (QED) is 0.185. The van der Waals surface area contributed by atoms with Gasteiger partial charge in [0.25, 0.3) is 0 Å². The maximum atomic E-state index is 4.53. The lowest BCUT2D eigenvalue weighted by Gasteiger charge is -2.24. The molecule has 1 aliphatic rings. The number of fused-ring (bicyclic) bond motifs is 8. The molecular weight excluding hydrogens is 606 g/mol. The molecule has 0 bridgehead atoms. The summed E-state index contributed by atoms with van der Waals surface area (Å²) in [5.74, 6) is 0.589. The molecular formula is C27H14Br3N3. The minimum absolute atomic E-state index is 0.484. The molecule has 1 aliphatic carbocycles. The van der Waals surface area contributed by atoms with E-state index in [1.165, 1.54) is 33.4 Å². The van der Waals surface area contributed by atoms with Gasteiger partial charge in [-0.15, -0.1) is 0 Å². The summed E-state index contributed by atoms with van der Waals surface area (Å²) in [5.41, 5.74) is 10.4. The largest absolute Gasteiger partial charge is 0.202 e. The molecule has 6 rings (SSSR count). The van der Waals surface area contributed by atoms with Crippen LogP contribution in [-0.4, -0.2) is 15.0 Å². The van der Waals surface area contributed by atoms with Crippen LogP contribution in [0, 0.1) is 0 Å². The van der Waals surface area contributed by atoms with Crippen LogP contribution in [0.25, 0.3) is 55.9 Å². The topological polar surface area (TPSA) is 38.7 Å². The maximum Gasteiger partial charge on any atom is 0.201 e. The van der Waals surface area contributed by atoms with E-state index in [1.54, 1.807) is 0 Å². The Morgan fingerprint density at radius 1 is 0.394 bits per heavy atom. The second kappa shape index (κ2) is 8.28. The predicted molar refractivity (Wildman–Crippen MR) is 144 cm³/mol. The van der Waals surface area contributed by atoms with Crippen LogP contribution < -0.4 is 0 Å². The van der Waals surface area contributed by atoms with Gasteiger partial charge < -0.3 is 0 Å². The highest BCUT2D eigenvalue weighted by molar-refractivity contribution is 9.11. The standard InChI is InChI=1S/C27H14Br3N3/c28-24-14-22-20-12-6-4-10-18(20)16-8-2-1-7-15(16)17-9-3-5-11-19(17)21(22)13-23(24)25-31-26(29)33-27(30)32-25/h1-14H. The zero-order chi connectivity index (χ0) is 22.5. The van der Waals surface area contributed by atoms with Crippen LogP contribution in [0.5, 0.6) is 0 Å². The average molecular weight is 620 g/mol. The minimum Gasteiger partial charge on any atom is -0.202 e. The minimum atomic E-state index is 0.484. The molecule has 6 heteroatoms. The molecule has 0 fully saturated rings. The van der Waals surface area contributed by atoms with E-state index in [0.29, 0.717) is 15.3 Å². The van der Waals surface area contributed by atoms with Gasteiger partial charge in [0.05, 0.1) is 0 Å². The van der Waals surface area contributed by atoms with Crippen LogP contribution in [0.1, 0.15) is 0 Å². The Hall–Kier alpha value is -2.67. The molecule has 0 spiro atoms. The predicted octanol–water partition coefficient (Wildman–Crippen LogP) is 8.81. The summed E-state index contributed by atoms with van der Waals surface area (Å²) in [5, 5.41) is 0. The van der Waals surface area contributed by atoms with Gasteiger partial charge in [0, 0.05) is 10.0 Å².